The van der Waals surface area contributed by atoms with Crippen molar-refractivity contribution in [3.63, 3.8) is 0 Å². The van der Waals surface area contributed by atoms with Gasteiger partial charge in [-0.25, -0.2) is 18.7 Å². The number of thiophene rings is 1. The summed E-state index contributed by atoms with van der Waals surface area (Å²) in [6.45, 7) is 0.692. The maximum Gasteiger partial charge on any atom is 0.259 e. The van der Waals surface area contributed by atoms with E-state index in [-0.39, 0.29) is 42.0 Å². The van der Waals surface area contributed by atoms with Crippen LogP contribution in [0.15, 0.2) is 48.8 Å². The molecule has 1 amide bonds. The highest BCUT2D eigenvalue weighted by Crippen LogP contribution is 2.52. The first-order valence-electron chi connectivity index (χ1n) is 10.5. The molecule has 2 aliphatic rings. The second-order valence-corrected chi connectivity index (χ2v) is 9.25. The molecule has 1 fully saturated rings. The number of benzene rings is 1. The summed E-state index contributed by atoms with van der Waals surface area (Å²) in [4.78, 5) is 24.5. The Balaban J connectivity index is 1.36. The third kappa shape index (κ3) is 3.11. The Labute approximate surface area is 196 Å². The van der Waals surface area contributed by atoms with Crippen LogP contribution in [0.4, 0.5) is 20.5 Å². The van der Waals surface area contributed by atoms with Gasteiger partial charge >= 0.3 is 0 Å². The fourth-order valence-electron chi connectivity index (χ4n) is 4.33. The molecule has 172 valence electrons. The van der Waals surface area contributed by atoms with Crippen LogP contribution < -0.4 is 5.32 Å². The summed E-state index contributed by atoms with van der Waals surface area (Å²) in [6.07, 6.45) is 3.17. The first kappa shape index (κ1) is 20.9. The Morgan fingerprint density at radius 2 is 2.06 bits per heavy atom. The maximum atomic E-state index is 15.7. The summed E-state index contributed by atoms with van der Waals surface area (Å²) >= 11 is 1.20. The van der Waals surface area contributed by atoms with Gasteiger partial charge in [0.25, 0.3) is 5.91 Å². The highest BCUT2D eigenvalue weighted by molar-refractivity contribution is 7.16. The number of carbonyl (C=O) groups excluding carboxylic acids is 1. The zero-order valence-electron chi connectivity index (χ0n) is 18.0. The monoisotopic (exact) mass is 480 g/mol. The zero-order chi connectivity index (χ0) is 23.4. The number of halogens is 2. The molecule has 5 heterocycles. The molecule has 0 unspecified atom stereocenters. The number of ether oxygens (including phenoxy) is 1. The molecule has 0 atom stereocenters. The molecule has 11 heteroatoms. The van der Waals surface area contributed by atoms with Gasteiger partial charge in [-0.05, 0) is 23.8 Å². The van der Waals surface area contributed by atoms with Gasteiger partial charge in [0, 0.05) is 25.9 Å². The van der Waals surface area contributed by atoms with Crippen molar-refractivity contribution >= 4 is 29.0 Å². The van der Waals surface area contributed by atoms with E-state index in [1.165, 1.54) is 29.7 Å². The fourth-order valence-corrected chi connectivity index (χ4v) is 5.64. The molecule has 3 aromatic heterocycles. The highest BCUT2D eigenvalue weighted by Gasteiger charge is 2.57. The van der Waals surface area contributed by atoms with E-state index in [1.54, 1.807) is 47.1 Å². The molecule has 0 saturated carbocycles. The van der Waals surface area contributed by atoms with E-state index >= 15 is 4.39 Å². The van der Waals surface area contributed by atoms with E-state index in [0.29, 0.717) is 22.0 Å². The zero-order valence-corrected chi connectivity index (χ0v) is 18.8. The number of hydrogen-bond donors (Lipinski definition) is 1. The predicted octanol–water partition coefficient (Wildman–Crippen LogP) is 3.84. The largest absolute Gasteiger partial charge is 0.376 e. The van der Waals surface area contributed by atoms with Crippen LogP contribution in [0, 0.1) is 11.6 Å². The molecule has 6 rings (SSSR count). The van der Waals surface area contributed by atoms with Gasteiger partial charge in [-0.3, -0.25) is 9.48 Å². The number of hydrogen-bond acceptors (Lipinski definition) is 7. The van der Waals surface area contributed by atoms with Crippen molar-refractivity contribution < 1.29 is 18.3 Å². The third-order valence-electron chi connectivity index (χ3n) is 6.11. The summed E-state index contributed by atoms with van der Waals surface area (Å²) in [6, 6.07) is 9.44. The maximum absolute atomic E-state index is 15.7. The number of rotatable bonds is 5. The molecule has 0 radical (unpaired) electrons. The first-order chi connectivity index (χ1) is 16.5. The minimum absolute atomic E-state index is 0.0412. The molecule has 34 heavy (non-hydrogen) atoms. The SMILES string of the molecule is Cn1nccc1Nc1nccc(-c2sc3c(c2F)C(=O)N(Cc2cccc(F)c2)C32COC2)n1. The summed E-state index contributed by atoms with van der Waals surface area (Å²) in [7, 11) is 1.77. The fraction of sp³-hybridized carbons (Fsp3) is 0.217. The molecule has 8 nitrogen and oxygen atoms in total. The molecule has 2 aliphatic heterocycles. The van der Waals surface area contributed by atoms with Crippen molar-refractivity contribution in [1.29, 1.82) is 0 Å². The molecular formula is C23H18F2N6O2S. The molecule has 0 aliphatic carbocycles. The van der Waals surface area contributed by atoms with Gasteiger partial charge in [0.05, 0.1) is 40.4 Å². The van der Waals surface area contributed by atoms with Crippen LogP contribution in [-0.4, -0.2) is 43.8 Å². The second kappa shape index (κ2) is 7.67. The lowest BCUT2D eigenvalue weighted by molar-refractivity contribution is -0.126. The van der Waals surface area contributed by atoms with Crippen LogP contribution in [0.5, 0.6) is 0 Å². The van der Waals surface area contributed by atoms with Gasteiger partial charge in [-0.15, -0.1) is 11.3 Å². The van der Waals surface area contributed by atoms with Gasteiger partial charge in [0.1, 0.15) is 17.2 Å². The standard InChI is InChI=1S/C23H18F2N6O2S/c1-30-16(6-8-27-30)29-22-26-7-5-15(28-22)19-18(25)17-20(34-19)23(11-33-12-23)31(21(17)32)10-13-3-2-4-14(24)9-13/h2-9H,10-12H2,1H3,(H,26,28,29). The van der Waals surface area contributed by atoms with Gasteiger partial charge in [-0.2, -0.15) is 5.10 Å². The Morgan fingerprint density at radius 1 is 1.21 bits per heavy atom. The van der Waals surface area contributed by atoms with Gasteiger partial charge < -0.3 is 15.0 Å². The predicted molar refractivity (Wildman–Crippen MR) is 121 cm³/mol. The number of nitrogens with zero attached hydrogens (tertiary/aromatic N) is 5. The Hall–Kier alpha value is -3.70. The normalized spacial score (nSPS) is 16.1. The summed E-state index contributed by atoms with van der Waals surface area (Å²) in [5.41, 5.74) is 0.290. The van der Waals surface area contributed by atoms with Gasteiger partial charge in [0.15, 0.2) is 5.82 Å². The van der Waals surface area contributed by atoms with Crippen molar-refractivity contribution in [2.75, 3.05) is 18.5 Å². The Kier molecular flexibility index (Phi) is 4.71. The van der Waals surface area contributed by atoms with E-state index in [2.05, 4.69) is 20.4 Å². The van der Waals surface area contributed by atoms with Crippen LogP contribution in [0.2, 0.25) is 0 Å². The first-order valence-corrected chi connectivity index (χ1v) is 11.3. The third-order valence-corrected chi connectivity index (χ3v) is 7.49. The lowest BCUT2D eigenvalue weighted by Crippen LogP contribution is -2.56. The minimum atomic E-state index is -0.759. The summed E-state index contributed by atoms with van der Waals surface area (Å²) < 4.78 is 36.5. The van der Waals surface area contributed by atoms with Crippen LogP contribution in [0.3, 0.4) is 0 Å². The molecular weight excluding hydrogens is 462 g/mol. The number of anilines is 2. The average molecular weight is 481 g/mol. The van der Waals surface area contributed by atoms with Gasteiger partial charge in [0.2, 0.25) is 5.95 Å². The van der Waals surface area contributed by atoms with E-state index in [4.69, 9.17) is 4.74 Å². The lowest BCUT2D eigenvalue weighted by Gasteiger charge is -2.45. The van der Waals surface area contributed by atoms with Crippen LogP contribution in [0.25, 0.3) is 10.6 Å². The van der Waals surface area contributed by atoms with Crippen LogP contribution in [0.1, 0.15) is 20.8 Å². The van der Waals surface area contributed by atoms with Crippen molar-refractivity contribution in [2.24, 2.45) is 7.05 Å². The lowest BCUT2D eigenvalue weighted by atomic mass is 9.94. The van der Waals surface area contributed by atoms with Crippen molar-refractivity contribution in [2.45, 2.75) is 12.1 Å². The van der Waals surface area contributed by atoms with Crippen LogP contribution in [-0.2, 0) is 23.9 Å². The number of fused-ring (bicyclic) bond motifs is 2. The number of amides is 1. The minimum Gasteiger partial charge on any atom is -0.376 e. The second-order valence-electron chi connectivity index (χ2n) is 8.23. The average Bonchev–Trinajstić information content (AvgIpc) is 3.42. The smallest absolute Gasteiger partial charge is 0.259 e. The van der Waals surface area contributed by atoms with Crippen LogP contribution >= 0.6 is 11.3 Å². The van der Waals surface area contributed by atoms with E-state index < -0.39 is 17.3 Å². The highest BCUT2D eigenvalue weighted by atomic mass is 32.1. The number of carbonyl (C=O) groups is 1. The molecule has 1 N–H and O–H groups in total. The number of aryl methyl sites for hydroxylation is 1. The Bertz CT molecular complexity index is 1430. The van der Waals surface area contributed by atoms with E-state index in [1.807, 2.05) is 0 Å². The quantitative estimate of drug-likeness (QED) is 0.467. The molecule has 1 aromatic carbocycles. The molecule has 0 bridgehead atoms. The Morgan fingerprint density at radius 3 is 2.76 bits per heavy atom. The summed E-state index contributed by atoms with van der Waals surface area (Å²) in [5.74, 6) is -0.450. The van der Waals surface area contributed by atoms with Crippen molar-refractivity contribution in [3.8, 4) is 10.6 Å². The molecule has 4 aromatic rings. The molecule has 1 spiro atoms. The van der Waals surface area contributed by atoms with E-state index in [9.17, 15) is 9.18 Å². The van der Waals surface area contributed by atoms with Crippen molar-refractivity contribution in [3.05, 3.63) is 76.4 Å². The summed E-state index contributed by atoms with van der Waals surface area (Å²) in [5, 5.41) is 7.14. The van der Waals surface area contributed by atoms with Gasteiger partial charge in [-0.1, -0.05) is 12.1 Å². The van der Waals surface area contributed by atoms with E-state index in [0.717, 1.165) is 0 Å². The van der Waals surface area contributed by atoms with Crippen molar-refractivity contribution in [1.82, 2.24) is 24.6 Å². The topological polar surface area (TPSA) is 85.2 Å². The number of aromatic nitrogens is 4. The number of nitrogens with one attached hydrogen (secondary N) is 1. The molecule has 1 saturated heterocycles.